The standard InChI is InChI=1S/C22H18N2O2/c1-16-2-6-18(7-3-16)24-15-14-22(23-24)17-4-10-20(11-5-17)26-21-12-8-19(25)9-13-21/h2-15,25H,1H3. The number of phenols is 1. The van der Waals surface area contributed by atoms with Crippen LogP contribution >= 0.6 is 0 Å². The Hall–Kier alpha value is -3.53. The van der Waals surface area contributed by atoms with Crippen LogP contribution in [0.3, 0.4) is 0 Å². The van der Waals surface area contributed by atoms with Crippen LogP contribution in [0.15, 0.2) is 85.1 Å². The summed E-state index contributed by atoms with van der Waals surface area (Å²) in [7, 11) is 0. The van der Waals surface area contributed by atoms with Crippen LogP contribution in [-0.2, 0) is 0 Å². The number of hydrogen-bond donors (Lipinski definition) is 1. The van der Waals surface area contributed by atoms with Gasteiger partial charge in [0, 0.05) is 11.8 Å². The Kier molecular flexibility index (Phi) is 4.15. The highest BCUT2D eigenvalue weighted by Gasteiger charge is 2.05. The van der Waals surface area contributed by atoms with E-state index in [2.05, 4.69) is 36.3 Å². The van der Waals surface area contributed by atoms with Crippen molar-refractivity contribution in [2.24, 2.45) is 0 Å². The molecule has 128 valence electrons. The molecule has 4 rings (SSSR count). The molecule has 4 heteroatoms. The fourth-order valence-corrected chi connectivity index (χ4v) is 2.66. The van der Waals surface area contributed by atoms with Gasteiger partial charge in [0.2, 0.25) is 0 Å². The van der Waals surface area contributed by atoms with Crippen molar-refractivity contribution in [3.05, 3.63) is 90.6 Å². The molecule has 0 saturated heterocycles. The summed E-state index contributed by atoms with van der Waals surface area (Å²) in [5.74, 6) is 1.63. The van der Waals surface area contributed by atoms with Gasteiger partial charge in [0.1, 0.15) is 17.2 Å². The monoisotopic (exact) mass is 342 g/mol. The van der Waals surface area contributed by atoms with Crippen LogP contribution < -0.4 is 4.74 Å². The Morgan fingerprint density at radius 1 is 0.769 bits per heavy atom. The van der Waals surface area contributed by atoms with Gasteiger partial charge >= 0.3 is 0 Å². The van der Waals surface area contributed by atoms with Gasteiger partial charge in [-0.3, -0.25) is 0 Å². The fourth-order valence-electron chi connectivity index (χ4n) is 2.66. The lowest BCUT2D eigenvalue weighted by molar-refractivity contribution is 0.464. The van der Waals surface area contributed by atoms with Crippen molar-refractivity contribution in [3.8, 4) is 34.2 Å². The molecule has 1 N–H and O–H groups in total. The first-order valence-corrected chi connectivity index (χ1v) is 8.37. The fraction of sp³-hybridized carbons (Fsp3) is 0.0455. The van der Waals surface area contributed by atoms with E-state index in [0.717, 1.165) is 22.7 Å². The molecule has 1 aromatic heterocycles. The van der Waals surface area contributed by atoms with Crippen LogP contribution in [0.2, 0.25) is 0 Å². The maximum Gasteiger partial charge on any atom is 0.127 e. The third-order valence-electron chi connectivity index (χ3n) is 4.11. The summed E-state index contributed by atoms with van der Waals surface area (Å²) in [6.45, 7) is 2.07. The van der Waals surface area contributed by atoms with Crippen LogP contribution in [0.5, 0.6) is 17.2 Å². The van der Waals surface area contributed by atoms with Crippen LogP contribution in [0.4, 0.5) is 0 Å². The van der Waals surface area contributed by atoms with E-state index >= 15 is 0 Å². The van der Waals surface area contributed by atoms with Gasteiger partial charge in [0.05, 0.1) is 11.4 Å². The number of aromatic nitrogens is 2. The third kappa shape index (κ3) is 3.44. The van der Waals surface area contributed by atoms with E-state index in [1.54, 1.807) is 24.3 Å². The molecular formula is C22H18N2O2. The quantitative estimate of drug-likeness (QED) is 0.544. The summed E-state index contributed by atoms with van der Waals surface area (Å²) < 4.78 is 7.64. The zero-order valence-electron chi connectivity index (χ0n) is 14.3. The van der Waals surface area contributed by atoms with Gasteiger partial charge in [-0.15, -0.1) is 0 Å². The van der Waals surface area contributed by atoms with Gasteiger partial charge in [0.25, 0.3) is 0 Å². The summed E-state index contributed by atoms with van der Waals surface area (Å²) in [5.41, 5.74) is 4.19. The zero-order valence-corrected chi connectivity index (χ0v) is 14.3. The van der Waals surface area contributed by atoms with E-state index < -0.39 is 0 Å². The molecule has 4 aromatic rings. The Balaban J connectivity index is 1.52. The van der Waals surface area contributed by atoms with Crippen molar-refractivity contribution in [1.29, 1.82) is 0 Å². The van der Waals surface area contributed by atoms with Gasteiger partial charge in [-0.2, -0.15) is 5.10 Å². The van der Waals surface area contributed by atoms with Crippen molar-refractivity contribution in [3.63, 3.8) is 0 Å². The normalized spacial score (nSPS) is 10.7. The maximum atomic E-state index is 9.32. The molecule has 26 heavy (non-hydrogen) atoms. The van der Waals surface area contributed by atoms with Crippen molar-refractivity contribution in [2.45, 2.75) is 6.92 Å². The number of benzene rings is 3. The number of rotatable bonds is 4. The maximum absolute atomic E-state index is 9.32. The average Bonchev–Trinajstić information content (AvgIpc) is 3.15. The van der Waals surface area contributed by atoms with E-state index in [4.69, 9.17) is 4.74 Å². The number of aryl methyl sites for hydroxylation is 1. The number of hydrogen-bond acceptors (Lipinski definition) is 3. The van der Waals surface area contributed by atoms with E-state index in [9.17, 15) is 5.11 Å². The predicted molar refractivity (Wildman–Crippen MR) is 102 cm³/mol. The lowest BCUT2D eigenvalue weighted by Gasteiger charge is -2.06. The Morgan fingerprint density at radius 3 is 2.04 bits per heavy atom. The molecular weight excluding hydrogens is 324 g/mol. The summed E-state index contributed by atoms with van der Waals surface area (Å²) in [4.78, 5) is 0. The van der Waals surface area contributed by atoms with E-state index in [0.29, 0.717) is 5.75 Å². The first kappa shape index (κ1) is 16.0. The largest absolute Gasteiger partial charge is 0.508 e. The Morgan fingerprint density at radius 2 is 1.38 bits per heavy atom. The molecule has 0 unspecified atom stereocenters. The molecule has 1 heterocycles. The Bertz CT molecular complexity index is 1000. The minimum absolute atomic E-state index is 0.219. The van der Waals surface area contributed by atoms with Crippen molar-refractivity contribution in [1.82, 2.24) is 9.78 Å². The minimum atomic E-state index is 0.219. The van der Waals surface area contributed by atoms with Crippen molar-refractivity contribution < 1.29 is 9.84 Å². The van der Waals surface area contributed by atoms with Gasteiger partial charge in [0.15, 0.2) is 0 Å². The van der Waals surface area contributed by atoms with E-state index in [-0.39, 0.29) is 5.75 Å². The van der Waals surface area contributed by atoms with Crippen LogP contribution in [0.1, 0.15) is 5.56 Å². The molecule has 0 bridgehead atoms. The summed E-state index contributed by atoms with van der Waals surface area (Å²) in [6, 6.07) is 24.7. The minimum Gasteiger partial charge on any atom is -0.508 e. The second-order valence-corrected chi connectivity index (χ2v) is 6.10. The molecule has 3 aromatic carbocycles. The smallest absolute Gasteiger partial charge is 0.127 e. The molecule has 0 radical (unpaired) electrons. The second kappa shape index (κ2) is 6.76. The molecule has 0 aliphatic carbocycles. The molecule has 0 fully saturated rings. The molecule has 0 aliphatic rings. The molecule has 0 saturated carbocycles. The van der Waals surface area contributed by atoms with E-state index in [1.165, 1.54) is 5.56 Å². The summed E-state index contributed by atoms with van der Waals surface area (Å²) in [6.07, 6.45) is 1.96. The third-order valence-corrected chi connectivity index (χ3v) is 4.11. The highest BCUT2D eigenvalue weighted by atomic mass is 16.5. The first-order chi connectivity index (χ1) is 12.7. The number of ether oxygens (including phenoxy) is 1. The lowest BCUT2D eigenvalue weighted by atomic mass is 10.1. The molecule has 0 amide bonds. The lowest BCUT2D eigenvalue weighted by Crippen LogP contribution is -1.94. The van der Waals surface area contributed by atoms with Gasteiger partial charge in [-0.05, 0) is 73.7 Å². The van der Waals surface area contributed by atoms with Crippen LogP contribution in [0.25, 0.3) is 16.9 Å². The first-order valence-electron chi connectivity index (χ1n) is 8.37. The average molecular weight is 342 g/mol. The highest BCUT2D eigenvalue weighted by Crippen LogP contribution is 2.26. The molecule has 4 nitrogen and oxygen atoms in total. The summed E-state index contributed by atoms with van der Waals surface area (Å²) >= 11 is 0. The summed E-state index contributed by atoms with van der Waals surface area (Å²) in [5, 5.41) is 14.0. The van der Waals surface area contributed by atoms with Gasteiger partial charge < -0.3 is 9.84 Å². The second-order valence-electron chi connectivity index (χ2n) is 6.10. The van der Waals surface area contributed by atoms with Crippen LogP contribution in [-0.4, -0.2) is 14.9 Å². The molecule has 0 spiro atoms. The topological polar surface area (TPSA) is 47.3 Å². The van der Waals surface area contributed by atoms with Crippen molar-refractivity contribution >= 4 is 0 Å². The zero-order chi connectivity index (χ0) is 17.9. The molecule has 0 atom stereocenters. The number of nitrogens with zero attached hydrogens (tertiary/aromatic N) is 2. The highest BCUT2D eigenvalue weighted by molar-refractivity contribution is 5.60. The van der Waals surface area contributed by atoms with Gasteiger partial charge in [-0.1, -0.05) is 17.7 Å². The number of aromatic hydroxyl groups is 1. The molecule has 0 aliphatic heterocycles. The van der Waals surface area contributed by atoms with Gasteiger partial charge in [-0.25, -0.2) is 4.68 Å². The van der Waals surface area contributed by atoms with Crippen molar-refractivity contribution in [2.75, 3.05) is 0 Å². The van der Waals surface area contributed by atoms with Crippen LogP contribution in [0, 0.1) is 6.92 Å². The predicted octanol–water partition coefficient (Wildman–Crippen LogP) is 5.35. The SMILES string of the molecule is Cc1ccc(-n2ccc(-c3ccc(Oc4ccc(O)cc4)cc3)n2)cc1. The number of phenolic OH excluding ortho intramolecular Hbond substituents is 1. The Labute approximate surface area is 151 Å². The van der Waals surface area contributed by atoms with E-state index in [1.807, 2.05) is 41.2 Å².